The van der Waals surface area contributed by atoms with Crippen LogP contribution in [-0.4, -0.2) is 47.8 Å². The van der Waals surface area contributed by atoms with E-state index >= 15 is 0 Å². The Morgan fingerprint density at radius 1 is 1.24 bits per heavy atom. The molecule has 0 aliphatic carbocycles. The molecule has 0 N–H and O–H groups in total. The lowest BCUT2D eigenvalue weighted by Crippen LogP contribution is -2.41. The summed E-state index contributed by atoms with van der Waals surface area (Å²) in [7, 11) is 0. The number of likely N-dealkylation sites (tertiary alicyclic amines) is 1. The molecule has 0 aromatic carbocycles. The van der Waals surface area contributed by atoms with E-state index in [0.717, 1.165) is 25.2 Å². The van der Waals surface area contributed by atoms with Crippen LogP contribution in [0.25, 0.3) is 5.78 Å². The molecule has 130 valence electrons. The molecule has 7 heteroatoms. The molecular weight excluding hydrogens is 316 g/mol. The van der Waals surface area contributed by atoms with Crippen LogP contribution in [0.5, 0.6) is 0 Å². The van der Waals surface area contributed by atoms with E-state index in [-0.39, 0.29) is 11.9 Å². The third-order valence-corrected chi connectivity index (χ3v) is 4.75. The molecule has 0 bridgehead atoms. The van der Waals surface area contributed by atoms with Gasteiger partial charge in [0, 0.05) is 50.0 Å². The van der Waals surface area contributed by atoms with Crippen molar-refractivity contribution in [2.24, 2.45) is 0 Å². The van der Waals surface area contributed by atoms with Gasteiger partial charge in [-0.1, -0.05) is 13.8 Å². The molecule has 4 rings (SSSR count). The predicted molar refractivity (Wildman–Crippen MR) is 93.5 cm³/mol. The summed E-state index contributed by atoms with van der Waals surface area (Å²) in [4.78, 5) is 27.8. The molecule has 1 amide bonds. The summed E-state index contributed by atoms with van der Waals surface area (Å²) < 4.78 is 4.01. The Hall–Kier alpha value is -2.70. The molecule has 0 unspecified atom stereocenters. The van der Waals surface area contributed by atoms with Crippen LogP contribution in [0.2, 0.25) is 0 Å². The van der Waals surface area contributed by atoms with Crippen molar-refractivity contribution in [2.75, 3.05) is 13.1 Å². The third-order valence-electron chi connectivity index (χ3n) is 4.75. The molecule has 4 heterocycles. The quantitative estimate of drug-likeness (QED) is 0.736. The zero-order chi connectivity index (χ0) is 17.4. The summed E-state index contributed by atoms with van der Waals surface area (Å²) >= 11 is 0. The lowest BCUT2D eigenvalue weighted by Gasteiger charge is -2.34. The number of hydrogen-bond acceptors (Lipinski definition) is 4. The molecule has 0 saturated carbocycles. The number of piperidine rings is 1. The van der Waals surface area contributed by atoms with Crippen LogP contribution in [0.1, 0.15) is 55.0 Å². The highest BCUT2D eigenvalue weighted by molar-refractivity contribution is 5.92. The molecule has 1 fully saturated rings. The van der Waals surface area contributed by atoms with Gasteiger partial charge in [0.1, 0.15) is 11.5 Å². The van der Waals surface area contributed by atoms with Crippen molar-refractivity contribution in [3.8, 4) is 0 Å². The number of amides is 1. The normalized spacial score (nSPS) is 18.2. The van der Waals surface area contributed by atoms with Crippen LogP contribution < -0.4 is 0 Å². The van der Waals surface area contributed by atoms with Crippen molar-refractivity contribution in [1.82, 2.24) is 28.8 Å². The average Bonchev–Trinajstić information content (AvgIpc) is 3.28. The summed E-state index contributed by atoms with van der Waals surface area (Å²) in [6.45, 7) is 5.75. The van der Waals surface area contributed by atoms with Crippen molar-refractivity contribution in [1.29, 1.82) is 0 Å². The lowest BCUT2D eigenvalue weighted by atomic mass is 10.0. The fourth-order valence-electron chi connectivity index (χ4n) is 3.54. The van der Waals surface area contributed by atoms with Crippen LogP contribution in [0.4, 0.5) is 0 Å². The zero-order valence-corrected chi connectivity index (χ0v) is 14.5. The summed E-state index contributed by atoms with van der Waals surface area (Å²) in [5.41, 5.74) is 0.453. The second kappa shape index (κ2) is 6.31. The molecule has 0 radical (unpaired) electrons. The molecule has 1 saturated heterocycles. The van der Waals surface area contributed by atoms with Gasteiger partial charge in [-0.25, -0.2) is 15.0 Å². The van der Waals surface area contributed by atoms with Gasteiger partial charge in [-0.15, -0.1) is 0 Å². The molecule has 0 spiro atoms. The summed E-state index contributed by atoms with van der Waals surface area (Å²) in [5, 5.41) is 0. The Morgan fingerprint density at radius 3 is 2.92 bits per heavy atom. The van der Waals surface area contributed by atoms with Gasteiger partial charge >= 0.3 is 0 Å². The van der Waals surface area contributed by atoms with Crippen molar-refractivity contribution < 1.29 is 4.79 Å². The molecule has 1 aliphatic rings. The van der Waals surface area contributed by atoms with E-state index in [2.05, 4.69) is 33.4 Å². The molecule has 1 aliphatic heterocycles. The molecule has 25 heavy (non-hydrogen) atoms. The summed E-state index contributed by atoms with van der Waals surface area (Å²) in [6, 6.07) is 2.10. The average molecular weight is 338 g/mol. The van der Waals surface area contributed by atoms with Crippen LogP contribution >= 0.6 is 0 Å². The van der Waals surface area contributed by atoms with Crippen molar-refractivity contribution in [3.63, 3.8) is 0 Å². The summed E-state index contributed by atoms with van der Waals surface area (Å²) in [6.07, 6.45) is 11.2. The maximum atomic E-state index is 12.9. The van der Waals surface area contributed by atoms with E-state index in [4.69, 9.17) is 0 Å². The van der Waals surface area contributed by atoms with E-state index in [1.165, 1.54) is 0 Å². The minimum atomic E-state index is -0.0265. The van der Waals surface area contributed by atoms with E-state index in [0.29, 0.717) is 23.9 Å². The van der Waals surface area contributed by atoms with Gasteiger partial charge in [-0.2, -0.15) is 0 Å². The molecule has 3 aromatic rings. The number of carbonyl (C=O) groups is 1. The first kappa shape index (κ1) is 15.8. The van der Waals surface area contributed by atoms with Gasteiger partial charge in [0.15, 0.2) is 0 Å². The SMILES string of the molecule is CC(C)c1nccn1[C@H]1CCCN(C(=O)c2cn3cccnc3n2)C1. The Labute approximate surface area is 146 Å². The Kier molecular flexibility index (Phi) is 3.99. The first-order chi connectivity index (χ1) is 12.1. The zero-order valence-electron chi connectivity index (χ0n) is 14.5. The first-order valence-electron chi connectivity index (χ1n) is 8.75. The smallest absolute Gasteiger partial charge is 0.274 e. The van der Waals surface area contributed by atoms with Gasteiger partial charge in [-0.05, 0) is 18.9 Å². The number of fused-ring (bicyclic) bond motifs is 1. The van der Waals surface area contributed by atoms with E-state index in [1.54, 1.807) is 16.8 Å². The minimum Gasteiger partial charge on any atom is -0.335 e. The topological polar surface area (TPSA) is 68.3 Å². The standard InChI is InChI=1S/C18H22N6O/c1-13(2)16-19-7-10-24(16)14-5-3-8-22(11-14)17(25)15-12-23-9-4-6-20-18(23)21-15/h4,6-7,9-10,12-14H,3,5,8,11H2,1-2H3/t14-/m0/s1. The number of nitrogens with zero attached hydrogens (tertiary/aromatic N) is 6. The highest BCUT2D eigenvalue weighted by Gasteiger charge is 2.28. The minimum absolute atomic E-state index is 0.0265. The molecule has 7 nitrogen and oxygen atoms in total. The highest BCUT2D eigenvalue weighted by atomic mass is 16.2. The summed E-state index contributed by atoms with van der Waals surface area (Å²) in [5.74, 6) is 1.97. The van der Waals surface area contributed by atoms with Gasteiger partial charge in [-0.3, -0.25) is 9.20 Å². The second-order valence-electron chi connectivity index (χ2n) is 6.85. The lowest BCUT2D eigenvalue weighted by molar-refractivity contribution is 0.0672. The molecule has 3 aromatic heterocycles. The largest absolute Gasteiger partial charge is 0.335 e. The van der Waals surface area contributed by atoms with Gasteiger partial charge in [0.05, 0.1) is 6.04 Å². The number of hydrogen-bond donors (Lipinski definition) is 0. The predicted octanol–water partition coefficient (Wildman–Crippen LogP) is 2.53. The van der Waals surface area contributed by atoms with Crippen molar-refractivity contribution in [3.05, 3.63) is 48.6 Å². The third kappa shape index (κ3) is 2.90. The van der Waals surface area contributed by atoms with Gasteiger partial charge in [0.25, 0.3) is 5.91 Å². The van der Waals surface area contributed by atoms with Gasteiger partial charge in [0.2, 0.25) is 5.78 Å². The van der Waals surface area contributed by atoms with Crippen LogP contribution in [0.15, 0.2) is 37.1 Å². The maximum Gasteiger partial charge on any atom is 0.274 e. The van der Waals surface area contributed by atoms with Crippen molar-refractivity contribution >= 4 is 11.7 Å². The number of imidazole rings is 2. The number of aromatic nitrogens is 5. The second-order valence-corrected chi connectivity index (χ2v) is 6.85. The molecular formula is C18H22N6O. The first-order valence-corrected chi connectivity index (χ1v) is 8.75. The Bertz CT molecular complexity index is 863. The van der Waals surface area contributed by atoms with Crippen LogP contribution in [0.3, 0.4) is 0 Å². The fraction of sp³-hybridized carbons (Fsp3) is 0.444. The number of rotatable bonds is 3. The number of carbonyl (C=O) groups excluding carboxylic acids is 1. The highest BCUT2D eigenvalue weighted by Crippen LogP contribution is 2.26. The fourth-order valence-corrected chi connectivity index (χ4v) is 3.54. The van der Waals surface area contributed by atoms with Crippen LogP contribution in [0, 0.1) is 0 Å². The Balaban J connectivity index is 1.56. The van der Waals surface area contributed by atoms with Gasteiger partial charge < -0.3 is 9.47 Å². The Morgan fingerprint density at radius 2 is 2.12 bits per heavy atom. The van der Waals surface area contributed by atoms with E-state index in [1.807, 2.05) is 29.6 Å². The van der Waals surface area contributed by atoms with Crippen molar-refractivity contribution in [2.45, 2.75) is 38.6 Å². The van der Waals surface area contributed by atoms with Crippen LogP contribution in [-0.2, 0) is 0 Å². The maximum absolute atomic E-state index is 12.9. The molecule has 1 atom stereocenters. The van der Waals surface area contributed by atoms with E-state index < -0.39 is 0 Å². The van der Waals surface area contributed by atoms with E-state index in [9.17, 15) is 4.79 Å². The monoisotopic (exact) mass is 338 g/mol.